The first kappa shape index (κ1) is 24.1. The molecule has 0 aromatic carbocycles. The molecule has 1 aliphatic rings. The van der Waals surface area contributed by atoms with E-state index >= 15 is 4.39 Å². The van der Waals surface area contributed by atoms with Gasteiger partial charge in [-0.3, -0.25) is 9.88 Å². The lowest BCUT2D eigenvalue weighted by atomic mass is 9.87. The molecule has 3 aromatic heterocycles. The summed E-state index contributed by atoms with van der Waals surface area (Å²) in [5.74, 6) is 1.03. The molecule has 1 saturated heterocycles. The van der Waals surface area contributed by atoms with Crippen LogP contribution in [0.3, 0.4) is 0 Å². The third-order valence-corrected chi connectivity index (χ3v) is 5.91. The molecule has 4 rings (SSSR count). The van der Waals surface area contributed by atoms with Gasteiger partial charge in [0, 0.05) is 43.9 Å². The number of nitrogens with zero attached hydrogens (tertiary/aromatic N) is 3. The van der Waals surface area contributed by atoms with Crippen LogP contribution in [0.2, 0.25) is 0 Å². The predicted octanol–water partition coefficient (Wildman–Crippen LogP) is 4.20. The maximum absolute atomic E-state index is 15.8. The third kappa shape index (κ3) is 5.06. The van der Waals surface area contributed by atoms with Gasteiger partial charge in [-0.2, -0.15) is 13.2 Å². The Morgan fingerprint density at radius 3 is 2.44 bits per heavy atom. The van der Waals surface area contributed by atoms with E-state index in [9.17, 15) is 18.3 Å². The van der Waals surface area contributed by atoms with E-state index in [0.717, 1.165) is 12.1 Å². The number of hydrogen-bond donors (Lipinski definition) is 3. The van der Waals surface area contributed by atoms with Crippen molar-refractivity contribution in [3.05, 3.63) is 65.3 Å². The molecule has 0 aliphatic carbocycles. The number of furan rings is 1. The summed E-state index contributed by atoms with van der Waals surface area (Å²) in [6.07, 6.45) is -3.35. The van der Waals surface area contributed by atoms with E-state index < -0.39 is 23.8 Å². The molecule has 0 radical (unpaired) electrons. The van der Waals surface area contributed by atoms with Crippen LogP contribution in [0.4, 0.5) is 23.4 Å². The number of likely N-dealkylation sites (tertiary alicyclic amines) is 1. The zero-order chi connectivity index (χ0) is 24.5. The van der Waals surface area contributed by atoms with Gasteiger partial charge in [-0.1, -0.05) is 0 Å². The molecular weight excluding hydrogens is 456 g/mol. The van der Waals surface area contributed by atoms with E-state index in [1.54, 1.807) is 30.0 Å². The fourth-order valence-corrected chi connectivity index (χ4v) is 4.03. The molecule has 1 aliphatic heterocycles. The Labute approximate surface area is 193 Å². The minimum absolute atomic E-state index is 0.0768. The Hall–Kier alpha value is -3.02. The van der Waals surface area contributed by atoms with Gasteiger partial charge in [0.1, 0.15) is 23.9 Å². The first-order valence-corrected chi connectivity index (χ1v) is 10.7. The van der Waals surface area contributed by atoms with Crippen LogP contribution in [-0.4, -0.2) is 44.5 Å². The second kappa shape index (κ2) is 9.32. The van der Waals surface area contributed by atoms with Crippen molar-refractivity contribution in [2.24, 2.45) is 0 Å². The lowest BCUT2D eigenvalue weighted by molar-refractivity contribution is -0.137. The number of piperidine rings is 1. The smallest absolute Gasteiger partial charge is 0.417 e. The van der Waals surface area contributed by atoms with Crippen LogP contribution in [0.25, 0.3) is 11.3 Å². The van der Waals surface area contributed by atoms with E-state index in [1.165, 1.54) is 6.20 Å². The molecule has 1 unspecified atom stereocenters. The predicted molar refractivity (Wildman–Crippen MR) is 115 cm³/mol. The van der Waals surface area contributed by atoms with Crippen LogP contribution in [-0.2, 0) is 18.5 Å². The van der Waals surface area contributed by atoms with Gasteiger partial charge >= 0.3 is 6.18 Å². The van der Waals surface area contributed by atoms with Crippen molar-refractivity contribution in [2.75, 3.05) is 18.4 Å². The highest BCUT2D eigenvalue weighted by Gasteiger charge is 2.40. The van der Waals surface area contributed by atoms with Gasteiger partial charge in [0.15, 0.2) is 12.0 Å². The number of alkyl halides is 4. The highest BCUT2D eigenvalue weighted by molar-refractivity contribution is 5.58. The average Bonchev–Trinajstić information content (AvgIpc) is 3.28. The molecule has 0 bridgehead atoms. The molecule has 0 saturated carbocycles. The first-order valence-electron chi connectivity index (χ1n) is 10.7. The summed E-state index contributed by atoms with van der Waals surface area (Å²) < 4.78 is 59.3. The zero-order valence-corrected chi connectivity index (χ0v) is 18.3. The fraction of sp³-hybridized carbons (Fsp3) is 0.391. The number of rotatable bonds is 6. The van der Waals surface area contributed by atoms with Crippen molar-refractivity contribution in [1.82, 2.24) is 14.9 Å². The summed E-state index contributed by atoms with van der Waals surface area (Å²) in [7, 11) is 0. The van der Waals surface area contributed by atoms with Crippen LogP contribution in [0.15, 0.2) is 47.1 Å². The normalized spacial score (nSPS) is 17.5. The Morgan fingerprint density at radius 1 is 1.15 bits per heavy atom. The van der Waals surface area contributed by atoms with E-state index in [0.29, 0.717) is 34.5 Å². The number of hydrogen-bond acceptors (Lipinski definition) is 7. The lowest BCUT2D eigenvalue weighted by Crippen LogP contribution is -2.48. The van der Waals surface area contributed by atoms with E-state index in [4.69, 9.17) is 9.52 Å². The van der Waals surface area contributed by atoms with Gasteiger partial charge in [-0.05, 0) is 42.8 Å². The zero-order valence-electron chi connectivity index (χ0n) is 18.3. The third-order valence-electron chi connectivity index (χ3n) is 5.91. The molecule has 0 spiro atoms. The summed E-state index contributed by atoms with van der Waals surface area (Å²) in [6, 6.07) is 7.15. The Bertz CT molecular complexity index is 1130. The molecule has 3 N–H and O–H groups in total. The van der Waals surface area contributed by atoms with Gasteiger partial charge in [0.25, 0.3) is 0 Å². The molecule has 0 amide bonds. The van der Waals surface area contributed by atoms with Crippen molar-refractivity contribution >= 4 is 5.82 Å². The van der Waals surface area contributed by atoms with Crippen LogP contribution in [0.5, 0.6) is 0 Å². The summed E-state index contributed by atoms with van der Waals surface area (Å²) in [6.45, 7) is 1.95. The number of nitrogens with one attached hydrogen (secondary N) is 1. The molecule has 4 heterocycles. The Balaban J connectivity index is 1.39. The second-order valence-corrected chi connectivity index (χ2v) is 8.26. The quantitative estimate of drug-likeness (QED) is 0.360. The van der Waals surface area contributed by atoms with Crippen molar-refractivity contribution < 1.29 is 32.2 Å². The van der Waals surface area contributed by atoms with E-state index in [2.05, 4.69) is 15.3 Å². The van der Waals surface area contributed by atoms with Crippen molar-refractivity contribution in [2.45, 2.75) is 44.6 Å². The summed E-state index contributed by atoms with van der Waals surface area (Å²) in [5, 5.41) is 22.2. The molecule has 7 nitrogen and oxygen atoms in total. The summed E-state index contributed by atoms with van der Waals surface area (Å²) in [4.78, 5) is 9.62. The second-order valence-electron chi connectivity index (χ2n) is 8.26. The monoisotopic (exact) mass is 480 g/mol. The highest BCUT2D eigenvalue weighted by atomic mass is 19.4. The minimum atomic E-state index is -4.49. The number of pyridine rings is 2. The molecule has 1 atom stereocenters. The number of halogens is 4. The molecule has 34 heavy (non-hydrogen) atoms. The lowest BCUT2D eigenvalue weighted by Gasteiger charge is -2.38. The van der Waals surface area contributed by atoms with Crippen LogP contribution in [0.1, 0.15) is 35.4 Å². The highest BCUT2D eigenvalue weighted by Crippen LogP contribution is 2.39. The summed E-state index contributed by atoms with van der Waals surface area (Å²) >= 11 is 0. The number of aryl methyl sites for hydroxylation is 1. The van der Waals surface area contributed by atoms with Gasteiger partial charge in [0.05, 0.1) is 11.3 Å². The van der Waals surface area contributed by atoms with E-state index in [-0.39, 0.29) is 38.4 Å². The van der Waals surface area contributed by atoms with Gasteiger partial charge in [-0.15, -0.1) is 0 Å². The van der Waals surface area contributed by atoms with E-state index in [1.807, 2.05) is 0 Å². The van der Waals surface area contributed by atoms with Crippen molar-refractivity contribution in [3.8, 4) is 11.3 Å². The summed E-state index contributed by atoms with van der Waals surface area (Å²) in [5.41, 5.74) is -0.932. The molecule has 3 aromatic rings. The van der Waals surface area contributed by atoms with Gasteiger partial charge in [-0.25, -0.2) is 9.37 Å². The Kier molecular flexibility index (Phi) is 6.61. The number of aromatic nitrogens is 2. The van der Waals surface area contributed by atoms with Crippen LogP contribution < -0.4 is 5.32 Å². The van der Waals surface area contributed by atoms with Crippen molar-refractivity contribution in [1.29, 1.82) is 0 Å². The first-order chi connectivity index (χ1) is 16.1. The van der Waals surface area contributed by atoms with Gasteiger partial charge < -0.3 is 19.9 Å². The number of aliphatic hydroxyl groups excluding tert-OH is 2. The SMILES string of the molecule is Cc1cc(-c2ccc(CO)o2)cnc1C1(F)CCN(C(O)Nc2ccc(C(F)(F)F)cn2)CC1. The molecule has 182 valence electrons. The number of aliphatic hydroxyl groups is 2. The Morgan fingerprint density at radius 2 is 1.88 bits per heavy atom. The maximum atomic E-state index is 15.8. The topological polar surface area (TPSA) is 94.7 Å². The van der Waals surface area contributed by atoms with Crippen molar-refractivity contribution in [3.63, 3.8) is 0 Å². The molecular formula is C23H24F4N4O3. The largest absolute Gasteiger partial charge is 0.459 e. The van der Waals surface area contributed by atoms with Gasteiger partial charge in [0.2, 0.25) is 0 Å². The average molecular weight is 480 g/mol. The molecule has 11 heteroatoms. The number of anilines is 1. The maximum Gasteiger partial charge on any atom is 0.417 e. The minimum Gasteiger partial charge on any atom is -0.459 e. The fourth-order valence-electron chi connectivity index (χ4n) is 4.03. The van der Waals surface area contributed by atoms with Crippen LogP contribution in [0, 0.1) is 6.92 Å². The standard InChI is InChI=1S/C23H24F4N4O3/c1-14-10-15(18-4-3-17(13-32)34-18)11-29-20(14)22(24)6-8-31(9-7-22)21(33)30-19-5-2-16(12-28-19)23(25,26)27/h2-5,10-12,21,32-33H,6-9,13H2,1H3,(H,28,30). The molecule has 1 fully saturated rings. The van der Waals surface area contributed by atoms with Crippen LogP contribution >= 0.6 is 0 Å².